The van der Waals surface area contributed by atoms with E-state index < -0.39 is 0 Å². The topological polar surface area (TPSA) is 16.1 Å². The van der Waals surface area contributed by atoms with Crippen LogP contribution in [0.2, 0.25) is 0 Å². The van der Waals surface area contributed by atoms with E-state index in [0.29, 0.717) is 18.0 Å². The zero-order valence-electron chi connectivity index (χ0n) is 15.7. The summed E-state index contributed by atoms with van der Waals surface area (Å²) >= 11 is 0. The highest BCUT2D eigenvalue weighted by Gasteiger charge is 2.17. The molecule has 0 spiro atoms. The Morgan fingerprint density at radius 1 is 0.833 bits per heavy atom. The standard InChI is InChI=1S/C22H32N2/c1-18(2)24(19(3)4)17-15-21(20-10-6-5-7-11-20)13-14-22-12-8-9-16-23-22/h5-12,16,18-19,21H,13-15,17H2,1-4H3. The van der Waals surface area contributed by atoms with Crippen LogP contribution in [0.15, 0.2) is 54.7 Å². The van der Waals surface area contributed by atoms with E-state index in [4.69, 9.17) is 0 Å². The Morgan fingerprint density at radius 3 is 2.08 bits per heavy atom. The van der Waals surface area contributed by atoms with Crippen molar-refractivity contribution in [3.63, 3.8) is 0 Å². The second kappa shape index (κ2) is 9.58. The highest BCUT2D eigenvalue weighted by Crippen LogP contribution is 2.26. The molecule has 130 valence electrons. The molecule has 1 aromatic carbocycles. The minimum atomic E-state index is 0.591. The van der Waals surface area contributed by atoms with Crippen LogP contribution >= 0.6 is 0 Å². The van der Waals surface area contributed by atoms with Gasteiger partial charge in [-0.15, -0.1) is 0 Å². The summed E-state index contributed by atoms with van der Waals surface area (Å²) in [7, 11) is 0. The Bertz CT molecular complexity index is 555. The second-order valence-electron chi connectivity index (χ2n) is 7.18. The van der Waals surface area contributed by atoms with Gasteiger partial charge in [-0.2, -0.15) is 0 Å². The number of hydrogen-bond donors (Lipinski definition) is 0. The molecule has 1 aromatic heterocycles. The number of aromatic nitrogens is 1. The summed E-state index contributed by atoms with van der Waals surface area (Å²) in [5.74, 6) is 0.591. The van der Waals surface area contributed by atoms with E-state index in [-0.39, 0.29) is 0 Å². The van der Waals surface area contributed by atoms with E-state index in [9.17, 15) is 0 Å². The Labute approximate surface area is 147 Å². The van der Waals surface area contributed by atoms with Crippen LogP contribution in [0.3, 0.4) is 0 Å². The number of benzene rings is 1. The molecule has 0 amide bonds. The molecule has 0 saturated carbocycles. The Hall–Kier alpha value is -1.67. The Kier molecular flexibility index (Phi) is 7.45. The van der Waals surface area contributed by atoms with Gasteiger partial charge in [0.1, 0.15) is 0 Å². The average molecular weight is 325 g/mol. The fourth-order valence-corrected chi connectivity index (χ4v) is 3.49. The molecule has 2 rings (SSSR count). The van der Waals surface area contributed by atoms with Crippen molar-refractivity contribution in [3.8, 4) is 0 Å². The molecule has 0 bridgehead atoms. The van der Waals surface area contributed by atoms with Crippen LogP contribution in [0, 0.1) is 0 Å². The predicted octanol–water partition coefficient (Wildman–Crippen LogP) is 5.31. The second-order valence-corrected chi connectivity index (χ2v) is 7.18. The minimum Gasteiger partial charge on any atom is -0.299 e. The lowest BCUT2D eigenvalue weighted by molar-refractivity contribution is 0.168. The first kappa shape index (κ1) is 18.7. The van der Waals surface area contributed by atoms with E-state index in [0.717, 1.165) is 19.4 Å². The van der Waals surface area contributed by atoms with E-state index in [1.54, 1.807) is 0 Å². The van der Waals surface area contributed by atoms with Crippen molar-refractivity contribution in [1.29, 1.82) is 0 Å². The summed E-state index contributed by atoms with van der Waals surface area (Å²) in [5, 5.41) is 0. The largest absolute Gasteiger partial charge is 0.299 e. The molecule has 1 atom stereocenters. The van der Waals surface area contributed by atoms with Gasteiger partial charge in [-0.25, -0.2) is 0 Å². The fraction of sp³-hybridized carbons (Fsp3) is 0.500. The monoisotopic (exact) mass is 324 g/mol. The van der Waals surface area contributed by atoms with E-state index in [1.807, 2.05) is 12.3 Å². The van der Waals surface area contributed by atoms with Gasteiger partial charge in [0.25, 0.3) is 0 Å². The fourth-order valence-electron chi connectivity index (χ4n) is 3.49. The maximum Gasteiger partial charge on any atom is 0.0403 e. The van der Waals surface area contributed by atoms with Crippen molar-refractivity contribution < 1.29 is 0 Å². The van der Waals surface area contributed by atoms with Crippen LogP contribution < -0.4 is 0 Å². The van der Waals surface area contributed by atoms with Crippen LogP contribution in [-0.2, 0) is 6.42 Å². The third-order valence-corrected chi connectivity index (χ3v) is 4.81. The molecule has 0 aliphatic rings. The lowest BCUT2D eigenvalue weighted by Crippen LogP contribution is -2.38. The third-order valence-electron chi connectivity index (χ3n) is 4.81. The van der Waals surface area contributed by atoms with E-state index in [2.05, 4.69) is 80.0 Å². The first-order valence-corrected chi connectivity index (χ1v) is 9.28. The van der Waals surface area contributed by atoms with Crippen molar-refractivity contribution in [2.45, 2.75) is 65.0 Å². The molecule has 0 radical (unpaired) electrons. The molecule has 0 saturated heterocycles. The van der Waals surface area contributed by atoms with Crippen molar-refractivity contribution in [3.05, 3.63) is 66.0 Å². The summed E-state index contributed by atoms with van der Waals surface area (Å²) in [5.41, 5.74) is 2.66. The summed E-state index contributed by atoms with van der Waals surface area (Å²) < 4.78 is 0. The van der Waals surface area contributed by atoms with Gasteiger partial charge < -0.3 is 0 Å². The van der Waals surface area contributed by atoms with Crippen molar-refractivity contribution in [2.24, 2.45) is 0 Å². The molecule has 2 heteroatoms. The van der Waals surface area contributed by atoms with Crippen molar-refractivity contribution in [1.82, 2.24) is 9.88 Å². The van der Waals surface area contributed by atoms with Crippen molar-refractivity contribution >= 4 is 0 Å². The van der Waals surface area contributed by atoms with Gasteiger partial charge in [-0.1, -0.05) is 36.4 Å². The highest BCUT2D eigenvalue weighted by molar-refractivity contribution is 5.20. The number of rotatable bonds is 9. The summed E-state index contributed by atoms with van der Waals surface area (Å²) in [6.07, 6.45) is 5.30. The molecule has 2 aromatic rings. The molecule has 0 aliphatic carbocycles. The van der Waals surface area contributed by atoms with Crippen LogP contribution in [0.4, 0.5) is 0 Å². The highest BCUT2D eigenvalue weighted by atomic mass is 15.2. The van der Waals surface area contributed by atoms with Gasteiger partial charge in [0.2, 0.25) is 0 Å². The lowest BCUT2D eigenvalue weighted by atomic mass is 9.90. The predicted molar refractivity (Wildman–Crippen MR) is 103 cm³/mol. The first-order valence-electron chi connectivity index (χ1n) is 9.28. The van der Waals surface area contributed by atoms with Crippen LogP contribution in [-0.4, -0.2) is 28.5 Å². The van der Waals surface area contributed by atoms with E-state index in [1.165, 1.54) is 17.7 Å². The van der Waals surface area contributed by atoms with Gasteiger partial charge in [-0.05, 0) is 77.1 Å². The molecule has 1 heterocycles. The Morgan fingerprint density at radius 2 is 1.50 bits per heavy atom. The van der Waals surface area contributed by atoms with Gasteiger partial charge in [0, 0.05) is 24.0 Å². The number of aryl methyl sites for hydroxylation is 1. The molecule has 24 heavy (non-hydrogen) atoms. The van der Waals surface area contributed by atoms with Crippen molar-refractivity contribution in [2.75, 3.05) is 6.54 Å². The number of nitrogens with zero attached hydrogens (tertiary/aromatic N) is 2. The molecule has 0 aliphatic heterocycles. The molecule has 0 N–H and O–H groups in total. The SMILES string of the molecule is CC(C)N(CCC(CCc1ccccn1)c1ccccc1)C(C)C. The molecular formula is C22H32N2. The molecule has 1 unspecified atom stereocenters. The lowest BCUT2D eigenvalue weighted by Gasteiger charge is -2.32. The summed E-state index contributed by atoms with van der Waals surface area (Å²) in [6.45, 7) is 10.3. The third kappa shape index (κ3) is 5.76. The van der Waals surface area contributed by atoms with Gasteiger partial charge in [0.15, 0.2) is 0 Å². The van der Waals surface area contributed by atoms with Gasteiger partial charge in [-0.3, -0.25) is 9.88 Å². The molecular weight excluding hydrogens is 292 g/mol. The average Bonchev–Trinajstić information content (AvgIpc) is 2.59. The van der Waals surface area contributed by atoms with E-state index >= 15 is 0 Å². The number of hydrogen-bond acceptors (Lipinski definition) is 2. The maximum atomic E-state index is 4.49. The smallest absolute Gasteiger partial charge is 0.0403 e. The Balaban J connectivity index is 2.03. The maximum absolute atomic E-state index is 4.49. The first-order chi connectivity index (χ1) is 11.6. The minimum absolute atomic E-state index is 0.591. The quantitative estimate of drug-likeness (QED) is 0.621. The zero-order valence-corrected chi connectivity index (χ0v) is 15.7. The molecule has 2 nitrogen and oxygen atoms in total. The zero-order chi connectivity index (χ0) is 17.4. The van der Waals surface area contributed by atoms with Gasteiger partial charge >= 0.3 is 0 Å². The normalized spacial score (nSPS) is 13.0. The summed E-state index contributed by atoms with van der Waals surface area (Å²) in [4.78, 5) is 7.08. The number of pyridine rings is 1. The van der Waals surface area contributed by atoms with Crippen LogP contribution in [0.1, 0.15) is 57.7 Å². The summed E-state index contributed by atoms with van der Waals surface area (Å²) in [6, 6.07) is 18.4. The molecule has 0 fully saturated rings. The van der Waals surface area contributed by atoms with Crippen LogP contribution in [0.5, 0.6) is 0 Å². The van der Waals surface area contributed by atoms with Gasteiger partial charge in [0.05, 0.1) is 0 Å². The van der Waals surface area contributed by atoms with Crippen LogP contribution in [0.25, 0.3) is 0 Å².